The predicted molar refractivity (Wildman–Crippen MR) is 112 cm³/mol. The second-order valence-corrected chi connectivity index (χ2v) is 8.70. The molecule has 3 amide bonds. The number of para-hydroxylation sites is 1. The number of carbonyl (C=O) groups excluding carboxylic acids is 2. The fourth-order valence-electron chi connectivity index (χ4n) is 5.51. The monoisotopic (exact) mass is 400 g/mol. The van der Waals surface area contributed by atoms with Crippen molar-refractivity contribution in [3.05, 3.63) is 29.8 Å². The molecule has 0 aliphatic carbocycles. The summed E-state index contributed by atoms with van der Waals surface area (Å²) >= 11 is 0. The smallest absolute Gasteiger partial charge is 0.321 e. The molecule has 0 unspecified atom stereocenters. The third-order valence-corrected chi connectivity index (χ3v) is 7.32. The van der Waals surface area contributed by atoms with Crippen molar-refractivity contribution >= 4 is 17.6 Å². The Morgan fingerprint density at radius 1 is 1.24 bits per heavy atom. The number of rotatable bonds is 4. The van der Waals surface area contributed by atoms with Crippen LogP contribution in [0.3, 0.4) is 0 Å². The molecule has 4 rings (SSSR count). The second kappa shape index (κ2) is 7.95. The number of carbonyl (C=O) groups is 2. The Labute approximate surface area is 173 Å². The van der Waals surface area contributed by atoms with Gasteiger partial charge in [0.25, 0.3) is 0 Å². The van der Waals surface area contributed by atoms with Crippen LogP contribution in [-0.2, 0) is 9.53 Å². The lowest BCUT2D eigenvalue weighted by molar-refractivity contribution is -0.133. The molecule has 1 N–H and O–H groups in total. The zero-order valence-electron chi connectivity index (χ0n) is 17.7. The van der Waals surface area contributed by atoms with Crippen molar-refractivity contribution in [2.75, 3.05) is 58.8 Å². The molecule has 29 heavy (non-hydrogen) atoms. The van der Waals surface area contributed by atoms with Crippen LogP contribution in [0.15, 0.2) is 24.3 Å². The summed E-state index contributed by atoms with van der Waals surface area (Å²) in [5.41, 5.74) is 1.79. The average molecular weight is 401 g/mol. The second-order valence-electron chi connectivity index (χ2n) is 8.70. The maximum atomic E-state index is 12.9. The lowest BCUT2D eigenvalue weighted by Crippen LogP contribution is -2.57. The van der Waals surface area contributed by atoms with Gasteiger partial charge < -0.3 is 19.9 Å². The number of methoxy groups -OCH3 is 1. The molecule has 7 nitrogen and oxygen atoms in total. The molecule has 0 bridgehead atoms. The van der Waals surface area contributed by atoms with Crippen LogP contribution in [-0.4, -0.2) is 85.7 Å². The number of fused-ring (bicyclic) bond motifs is 2. The van der Waals surface area contributed by atoms with Gasteiger partial charge >= 0.3 is 6.03 Å². The SMILES string of the molecule is COCCN1C[C@@H]2C(=O)N(C)C3(CCN(C(=O)Nc4ccccc4C)CC3)[C@@H]2C1. The van der Waals surface area contributed by atoms with Crippen molar-refractivity contribution in [3.63, 3.8) is 0 Å². The van der Waals surface area contributed by atoms with E-state index < -0.39 is 0 Å². The van der Waals surface area contributed by atoms with E-state index in [9.17, 15) is 9.59 Å². The van der Waals surface area contributed by atoms with Gasteiger partial charge in [0.05, 0.1) is 18.1 Å². The summed E-state index contributed by atoms with van der Waals surface area (Å²) < 4.78 is 5.22. The van der Waals surface area contributed by atoms with Gasteiger partial charge in [0.1, 0.15) is 0 Å². The van der Waals surface area contributed by atoms with Crippen LogP contribution in [0.25, 0.3) is 0 Å². The van der Waals surface area contributed by atoms with Gasteiger partial charge in [-0.1, -0.05) is 18.2 Å². The van der Waals surface area contributed by atoms with Gasteiger partial charge in [-0.25, -0.2) is 4.79 Å². The van der Waals surface area contributed by atoms with Crippen LogP contribution in [0.5, 0.6) is 0 Å². The first-order valence-corrected chi connectivity index (χ1v) is 10.6. The molecule has 1 aromatic rings. The Bertz CT molecular complexity index is 775. The maximum Gasteiger partial charge on any atom is 0.321 e. The molecular weight excluding hydrogens is 368 g/mol. The van der Waals surface area contributed by atoms with Crippen molar-refractivity contribution < 1.29 is 14.3 Å². The van der Waals surface area contributed by atoms with Gasteiger partial charge in [-0.3, -0.25) is 9.69 Å². The number of aryl methyl sites for hydroxylation is 1. The van der Waals surface area contributed by atoms with E-state index in [-0.39, 0.29) is 23.4 Å². The predicted octanol–water partition coefficient (Wildman–Crippen LogP) is 2.03. The lowest BCUT2D eigenvalue weighted by Gasteiger charge is -2.46. The van der Waals surface area contributed by atoms with Crippen molar-refractivity contribution in [3.8, 4) is 0 Å². The summed E-state index contributed by atoms with van der Waals surface area (Å²) in [6.45, 7) is 6.70. The van der Waals surface area contributed by atoms with Crippen molar-refractivity contribution in [1.82, 2.24) is 14.7 Å². The minimum absolute atomic E-state index is 0.0502. The number of nitrogens with one attached hydrogen (secondary N) is 1. The molecule has 7 heteroatoms. The van der Waals surface area contributed by atoms with E-state index in [1.54, 1.807) is 7.11 Å². The molecule has 3 saturated heterocycles. The fraction of sp³-hybridized carbons (Fsp3) is 0.636. The van der Waals surface area contributed by atoms with E-state index in [1.165, 1.54) is 0 Å². The summed E-state index contributed by atoms with van der Waals surface area (Å²) in [6.07, 6.45) is 1.69. The number of anilines is 1. The highest BCUT2D eigenvalue weighted by molar-refractivity contribution is 5.90. The molecule has 3 aliphatic rings. The van der Waals surface area contributed by atoms with E-state index in [0.29, 0.717) is 25.6 Å². The fourth-order valence-corrected chi connectivity index (χ4v) is 5.51. The molecule has 1 aromatic carbocycles. The number of hydrogen-bond donors (Lipinski definition) is 1. The highest BCUT2D eigenvalue weighted by Crippen LogP contribution is 2.48. The topological polar surface area (TPSA) is 65.1 Å². The largest absolute Gasteiger partial charge is 0.383 e. The Kier molecular flexibility index (Phi) is 5.53. The number of nitrogens with zero attached hydrogens (tertiary/aromatic N) is 3. The molecule has 0 aromatic heterocycles. The standard InChI is InChI=1S/C22H32N4O3/c1-16-6-4-5-7-19(16)23-21(28)26-10-8-22(9-11-26)18-15-25(12-13-29-3)14-17(18)20(27)24(22)2/h4-7,17-18H,8-15H2,1-3H3,(H,23,28)/t17-,18+/m0/s1. The van der Waals surface area contributed by atoms with E-state index in [0.717, 1.165) is 43.7 Å². The summed E-state index contributed by atoms with van der Waals surface area (Å²) in [6, 6.07) is 7.78. The zero-order chi connectivity index (χ0) is 20.6. The minimum atomic E-state index is -0.122. The summed E-state index contributed by atoms with van der Waals surface area (Å²) in [5.74, 6) is 0.704. The van der Waals surface area contributed by atoms with Crippen LogP contribution in [0.4, 0.5) is 10.5 Å². The van der Waals surface area contributed by atoms with Crippen LogP contribution in [0.2, 0.25) is 0 Å². The van der Waals surface area contributed by atoms with Gasteiger partial charge in [0.2, 0.25) is 5.91 Å². The zero-order valence-corrected chi connectivity index (χ0v) is 17.7. The molecule has 2 atom stereocenters. The third-order valence-electron chi connectivity index (χ3n) is 7.32. The molecule has 1 spiro atoms. The maximum absolute atomic E-state index is 12.9. The number of ether oxygens (including phenoxy) is 1. The summed E-state index contributed by atoms with van der Waals surface area (Å²) in [4.78, 5) is 32.0. The molecule has 3 fully saturated rings. The molecule has 3 aliphatic heterocycles. The van der Waals surface area contributed by atoms with Crippen LogP contribution < -0.4 is 5.32 Å². The van der Waals surface area contributed by atoms with Gasteiger partial charge in [0.15, 0.2) is 0 Å². The number of benzene rings is 1. The number of likely N-dealkylation sites (tertiary alicyclic amines) is 3. The summed E-state index contributed by atoms with van der Waals surface area (Å²) in [7, 11) is 3.68. The lowest BCUT2D eigenvalue weighted by atomic mass is 9.75. The Balaban J connectivity index is 1.41. The van der Waals surface area contributed by atoms with Crippen molar-refractivity contribution in [2.45, 2.75) is 25.3 Å². The highest BCUT2D eigenvalue weighted by Gasteiger charge is 2.60. The highest BCUT2D eigenvalue weighted by atomic mass is 16.5. The number of piperidine rings is 1. The number of hydrogen-bond acceptors (Lipinski definition) is 4. The van der Waals surface area contributed by atoms with Crippen LogP contribution in [0, 0.1) is 18.8 Å². The first kappa shape index (κ1) is 20.2. The molecule has 158 valence electrons. The van der Waals surface area contributed by atoms with Gasteiger partial charge in [0, 0.05) is 58.5 Å². The minimum Gasteiger partial charge on any atom is -0.383 e. The van der Waals surface area contributed by atoms with E-state index in [1.807, 2.05) is 48.0 Å². The average Bonchev–Trinajstić information content (AvgIpc) is 3.23. The third kappa shape index (κ3) is 3.51. The van der Waals surface area contributed by atoms with Crippen molar-refractivity contribution in [2.24, 2.45) is 11.8 Å². The molecule has 0 saturated carbocycles. The Morgan fingerprint density at radius 3 is 2.66 bits per heavy atom. The molecule has 0 radical (unpaired) electrons. The van der Waals surface area contributed by atoms with Crippen LogP contribution >= 0.6 is 0 Å². The Morgan fingerprint density at radius 2 is 1.97 bits per heavy atom. The van der Waals surface area contributed by atoms with E-state index in [2.05, 4.69) is 10.2 Å². The number of urea groups is 1. The van der Waals surface area contributed by atoms with Crippen LogP contribution in [0.1, 0.15) is 18.4 Å². The van der Waals surface area contributed by atoms with Gasteiger partial charge in [-0.2, -0.15) is 0 Å². The first-order valence-electron chi connectivity index (χ1n) is 10.6. The van der Waals surface area contributed by atoms with Gasteiger partial charge in [-0.05, 0) is 31.4 Å². The first-order chi connectivity index (χ1) is 14.0. The van der Waals surface area contributed by atoms with E-state index in [4.69, 9.17) is 4.74 Å². The molecular formula is C22H32N4O3. The summed E-state index contributed by atoms with van der Waals surface area (Å²) in [5, 5.41) is 3.04. The quantitative estimate of drug-likeness (QED) is 0.840. The van der Waals surface area contributed by atoms with Gasteiger partial charge in [-0.15, -0.1) is 0 Å². The Hall–Kier alpha value is -2.12. The molecule has 3 heterocycles. The normalized spacial score (nSPS) is 26.2. The van der Waals surface area contributed by atoms with E-state index >= 15 is 0 Å². The van der Waals surface area contributed by atoms with Crippen molar-refractivity contribution in [1.29, 1.82) is 0 Å². The number of amides is 3.